The van der Waals surface area contributed by atoms with Crippen LogP contribution in [-0.2, 0) is 19.0 Å². The van der Waals surface area contributed by atoms with Crippen LogP contribution in [-0.4, -0.2) is 49.0 Å². The van der Waals surface area contributed by atoms with E-state index in [-0.39, 0.29) is 17.0 Å². The third kappa shape index (κ3) is 5.20. The van der Waals surface area contributed by atoms with Crippen LogP contribution in [0.5, 0.6) is 5.75 Å². The van der Waals surface area contributed by atoms with Gasteiger partial charge in [0.15, 0.2) is 5.69 Å². The smallest absolute Gasteiger partial charge is 0.357 e. The highest BCUT2D eigenvalue weighted by atomic mass is 16.6. The lowest BCUT2D eigenvalue weighted by Gasteiger charge is -2.17. The van der Waals surface area contributed by atoms with Crippen molar-refractivity contribution in [3.05, 3.63) is 102 Å². The first-order valence-electron chi connectivity index (χ1n) is 11.2. The van der Waals surface area contributed by atoms with Crippen molar-refractivity contribution < 1.29 is 33.3 Å². The van der Waals surface area contributed by atoms with Crippen molar-refractivity contribution in [2.45, 2.75) is 6.10 Å². The SMILES string of the molecule is COC(=O)c1c(-c2ccc(OC(C(=O)OC)c3ccccc3)cc2)nn(-c2ccccc2)c1C(=O)OC. The number of hydrogen-bond donors (Lipinski definition) is 0. The largest absolute Gasteiger partial charge is 0.474 e. The van der Waals surface area contributed by atoms with E-state index < -0.39 is 24.0 Å². The van der Waals surface area contributed by atoms with Gasteiger partial charge in [-0.15, -0.1) is 0 Å². The lowest BCUT2D eigenvalue weighted by atomic mass is 10.1. The molecule has 0 radical (unpaired) electrons. The number of carbonyl (C=O) groups is 3. The fraction of sp³-hybridized carbons (Fsp3) is 0.143. The summed E-state index contributed by atoms with van der Waals surface area (Å²) in [6, 6.07) is 24.5. The fourth-order valence-electron chi connectivity index (χ4n) is 3.77. The van der Waals surface area contributed by atoms with Crippen LogP contribution in [0, 0.1) is 0 Å². The zero-order chi connectivity index (χ0) is 26.4. The number of aromatic nitrogens is 2. The molecule has 0 saturated heterocycles. The normalized spacial score (nSPS) is 11.3. The van der Waals surface area contributed by atoms with E-state index in [1.54, 1.807) is 72.8 Å². The van der Waals surface area contributed by atoms with Crippen molar-refractivity contribution in [3.63, 3.8) is 0 Å². The molecule has 9 nitrogen and oxygen atoms in total. The molecular weight excluding hydrogens is 476 g/mol. The maximum atomic E-state index is 12.8. The second-order valence-corrected chi connectivity index (χ2v) is 7.76. The Hall–Kier alpha value is -4.92. The van der Waals surface area contributed by atoms with Gasteiger partial charge in [0.1, 0.15) is 17.0 Å². The molecule has 0 N–H and O–H groups in total. The predicted molar refractivity (Wildman–Crippen MR) is 134 cm³/mol. The average Bonchev–Trinajstić information content (AvgIpc) is 3.36. The van der Waals surface area contributed by atoms with E-state index in [1.165, 1.54) is 26.0 Å². The molecule has 188 valence electrons. The summed E-state index contributed by atoms with van der Waals surface area (Å²) in [5.74, 6) is -1.65. The summed E-state index contributed by atoms with van der Waals surface area (Å²) < 4.78 is 22.1. The van der Waals surface area contributed by atoms with Crippen LogP contribution in [0.15, 0.2) is 84.9 Å². The molecule has 37 heavy (non-hydrogen) atoms. The Morgan fingerprint density at radius 2 is 1.32 bits per heavy atom. The minimum Gasteiger partial charge on any atom is -0.474 e. The van der Waals surface area contributed by atoms with Crippen LogP contribution in [0.25, 0.3) is 16.9 Å². The zero-order valence-electron chi connectivity index (χ0n) is 20.4. The van der Waals surface area contributed by atoms with Crippen molar-refractivity contribution in [2.24, 2.45) is 0 Å². The third-order valence-corrected chi connectivity index (χ3v) is 5.55. The van der Waals surface area contributed by atoms with Crippen LogP contribution in [0.4, 0.5) is 0 Å². The topological polar surface area (TPSA) is 106 Å². The highest BCUT2D eigenvalue weighted by molar-refractivity contribution is 6.06. The van der Waals surface area contributed by atoms with E-state index in [0.29, 0.717) is 22.6 Å². The predicted octanol–water partition coefficient (Wildman–Crippen LogP) is 4.41. The van der Waals surface area contributed by atoms with Gasteiger partial charge < -0.3 is 18.9 Å². The minimum absolute atomic E-state index is 0.0383. The van der Waals surface area contributed by atoms with Crippen molar-refractivity contribution >= 4 is 17.9 Å². The summed E-state index contributed by atoms with van der Waals surface area (Å²) in [4.78, 5) is 37.9. The first-order valence-corrected chi connectivity index (χ1v) is 11.2. The second-order valence-electron chi connectivity index (χ2n) is 7.76. The number of hydrogen-bond acceptors (Lipinski definition) is 8. The lowest BCUT2D eigenvalue weighted by molar-refractivity contribution is -0.149. The molecule has 0 saturated carbocycles. The highest BCUT2D eigenvalue weighted by Crippen LogP contribution is 2.31. The van der Waals surface area contributed by atoms with Gasteiger partial charge in [0.05, 0.1) is 27.0 Å². The van der Waals surface area contributed by atoms with E-state index in [9.17, 15) is 14.4 Å². The standard InChI is InChI=1S/C28H24N2O7/c1-34-26(31)22-23(29-30(24(22)27(32)35-2)20-12-8-5-9-13-20)18-14-16-21(17-15-18)37-25(28(33)36-3)19-10-6-4-7-11-19/h4-17,25H,1-3H3. The zero-order valence-corrected chi connectivity index (χ0v) is 20.4. The number of para-hydroxylation sites is 1. The molecule has 1 atom stereocenters. The average molecular weight is 501 g/mol. The molecule has 3 aromatic carbocycles. The van der Waals surface area contributed by atoms with Gasteiger partial charge >= 0.3 is 17.9 Å². The van der Waals surface area contributed by atoms with E-state index in [4.69, 9.17) is 18.9 Å². The van der Waals surface area contributed by atoms with Gasteiger partial charge in [-0.3, -0.25) is 0 Å². The molecule has 4 aromatic rings. The van der Waals surface area contributed by atoms with Crippen molar-refractivity contribution in [2.75, 3.05) is 21.3 Å². The summed E-state index contributed by atoms with van der Waals surface area (Å²) in [6.07, 6.45) is -0.967. The van der Waals surface area contributed by atoms with E-state index in [1.807, 2.05) is 12.1 Å². The van der Waals surface area contributed by atoms with Gasteiger partial charge in [0.2, 0.25) is 6.10 Å². The highest BCUT2D eigenvalue weighted by Gasteiger charge is 2.31. The summed E-state index contributed by atoms with van der Waals surface area (Å²) in [6.45, 7) is 0. The second kappa shape index (κ2) is 11.2. The molecule has 0 bridgehead atoms. The molecule has 1 aromatic heterocycles. The van der Waals surface area contributed by atoms with Crippen LogP contribution in [0.1, 0.15) is 32.5 Å². The number of esters is 3. The summed E-state index contributed by atoms with van der Waals surface area (Å²) in [5.41, 5.74) is 1.82. The van der Waals surface area contributed by atoms with Crippen LogP contribution in [0.2, 0.25) is 0 Å². The Balaban J connectivity index is 1.76. The molecular formula is C28H24N2O7. The van der Waals surface area contributed by atoms with Crippen LogP contribution in [0.3, 0.4) is 0 Å². The molecule has 0 amide bonds. The van der Waals surface area contributed by atoms with Gasteiger partial charge in [0, 0.05) is 11.1 Å². The molecule has 4 rings (SSSR count). The molecule has 9 heteroatoms. The van der Waals surface area contributed by atoms with Gasteiger partial charge in [-0.25, -0.2) is 19.1 Å². The van der Waals surface area contributed by atoms with E-state index in [2.05, 4.69) is 5.10 Å². The first-order chi connectivity index (χ1) is 18.0. The van der Waals surface area contributed by atoms with Gasteiger partial charge in [-0.1, -0.05) is 48.5 Å². The maximum Gasteiger partial charge on any atom is 0.357 e. The molecule has 0 aliphatic rings. The molecule has 1 heterocycles. The van der Waals surface area contributed by atoms with Gasteiger partial charge in [0.25, 0.3) is 0 Å². The Labute approximate surface area is 213 Å². The maximum absolute atomic E-state index is 12.8. The molecule has 0 aliphatic carbocycles. The number of ether oxygens (including phenoxy) is 4. The minimum atomic E-state index is -0.967. The molecule has 0 fully saturated rings. The summed E-state index contributed by atoms with van der Waals surface area (Å²) >= 11 is 0. The Morgan fingerprint density at radius 3 is 1.89 bits per heavy atom. The summed E-state index contributed by atoms with van der Waals surface area (Å²) in [5, 5.41) is 4.57. The Morgan fingerprint density at radius 1 is 0.730 bits per heavy atom. The van der Waals surface area contributed by atoms with Crippen LogP contribution < -0.4 is 4.74 Å². The quantitative estimate of drug-likeness (QED) is 0.259. The number of nitrogens with zero attached hydrogens (tertiary/aromatic N) is 2. The first kappa shape index (κ1) is 25.2. The fourth-order valence-corrected chi connectivity index (χ4v) is 3.77. The number of carbonyl (C=O) groups excluding carboxylic acids is 3. The number of rotatable bonds is 8. The third-order valence-electron chi connectivity index (χ3n) is 5.55. The molecule has 0 aliphatic heterocycles. The van der Waals surface area contributed by atoms with Crippen molar-refractivity contribution in [1.29, 1.82) is 0 Å². The molecule has 1 unspecified atom stereocenters. The van der Waals surface area contributed by atoms with E-state index in [0.717, 1.165) is 0 Å². The summed E-state index contributed by atoms with van der Waals surface area (Å²) in [7, 11) is 3.74. The Bertz CT molecular complexity index is 1400. The van der Waals surface area contributed by atoms with Crippen molar-refractivity contribution in [1.82, 2.24) is 9.78 Å². The Kier molecular flexibility index (Phi) is 7.63. The number of benzene rings is 3. The van der Waals surface area contributed by atoms with Gasteiger partial charge in [-0.2, -0.15) is 5.10 Å². The molecule has 0 spiro atoms. The van der Waals surface area contributed by atoms with Crippen molar-refractivity contribution in [3.8, 4) is 22.7 Å². The van der Waals surface area contributed by atoms with E-state index >= 15 is 0 Å². The van der Waals surface area contributed by atoms with Gasteiger partial charge in [-0.05, 0) is 36.4 Å². The van der Waals surface area contributed by atoms with Crippen LogP contribution >= 0.6 is 0 Å². The number of methoxy groups -OCH3 is 3. The lowest BCUT2D eigenvalue weighted by Crippen LogP contribution is -2.20. The monoisotopic (exact) mass is 500 g/mol.